The average molecular weight is 275 g/mol. The fourth-order valence-electron chi connectivity index (χ4n) is 3.35. The Bertz CT molecular complexity index is 352. The first-order valence-electron chi connectivity index (χ1n) is 8.31. The number of unbranched alkanes of at least 4 members (excludes halogenated alkanes) is 3. The zero-order valence-electron chi connectivity index (χ0n) is 12.6. The molecule has 0 bridgehead atoms. The van der Waals surface area contributed by atoms with Crippen LogP contribution in [0, 0.1) is 0 Å². The lowest BCUT2D eigenvalue weighted by Crippen LogP contribution is -2.37. The van der Waals surface area contributed by atoms with Gasteiger partial charge in [0.25, 0.3) is 0 Å². The van der Waals surface area contributed by atoms with Crippen LogP contribution in [0.1, 0.15) is 62.8 Å². The van der Waals surface area contributed by atoms with Gasteiger partial charge in [-0.1, -0.05) is 56.0 Å². The van der Waals surface area contributed by atoms with Crippen LogP contribution in [0.2, 0.25) is 0 Å². The van der Waals surface area contributed by atoms with Crippen molar-refractivity contribution < 1.29 is 5.11 Å². The minimum absolute atomic E-state index is 0.339. The molecular weight excluding hydrogens is 246 g/mol. The Morgan fingerprint density at radius 3 is 2.50 bits per heavy atom. The summed E-state index contributed by atoms with van der Waals surface area (Å²) in [5.41, 5.74) is 1.50. The van der Waals surface area contributed by atoms with Crippen molar-refractivity contribution in [2.24, 2.45) is 0 Å². The molecule has 112 valence electrons. The maximum Gasteiger partial charge on any atom is 0.0431 e. The molecule has 2 rings (SSSR count). The van der Waals surface area contributed by atoms with Crippen LogP contribution >= 0.6 is 0 Å². The van der Waals surface area contributed by atoms with E-state index in [1.165, 1.54) is 44.1 Å². The Labute approximate surface area is 123 Å². The van der Waals surface area contributed by atoms with Crippen molar-refractivity contribution in [1.29, 1.82) is 0 Å². The van der Waals surface area contributed by atoms with E-state index in [-0.39, 0.29) is 0 Å². The van der Waals surface area contributed by atoms with E-state index < -0.39 is 0 Å². The lowest BCUT2D eigenvalue weighted by Gasteiger charge is -2.33. The molecule has 1 aromatic carbocycles. The molecule has 0 saturated heterocycles. The van der Waals surface area contributed by atoms with E-state index >= 15 is 0 Å². The summed E-state index contributed by atoms with van der Waals surface area (Å²) in [4.78, 5) is 0. The molecule has 0 amide bonds. The number of aliphatic hydroxyl groups is 1. The molecule has 1 fully saturated rings. The molecule has 1 aliphatic rings. The van der Waals surface area contributed by atoms with Crippen molar-refractivity contribution in [3.05, 3.63) is 35.9 Å². The lowest BCUT2D eigenvalue weighted by molar-refractivity contribution is 0.281. The molecule has 2 atom stereocenters. The quantitative estimate of drug-likeness (QED) is 0.706. The van der Waals surface area contributed by atoms with Crippen LogP contribution in [0.25, 0.3) is 0 Å². The monoisotopic (exact) mass is 275 g/mol. The normalized spacial score (nSPS) is 22.9. The standard InChI is InChI=1S/C18H29NO/c20-15-9-2-1-8-14-19-18-13-7-6-12-17(18)16-10-4-3-5-11-16/h3-5,10-11,17-20H,1-2,6-9,12-15H2. The van der Waals surface area contributed by atoms with E-state index in [4.69, 9.17) is 5.11 Å². The topological polar surface area (TPSA) is 32.3 Å². The Morgan fingerprint density at radius 2 is 1.70 bits per heavy atom. The Kier molecular flexibility index (Phi) is 7.10. The second kappa shape index (κ2) is 9.15. The maximum absolute atomic E-state index is 8.77. The van der Waals surface area contributed by atoms with Crippen molar-refractivity contribution in [2.45, 2.75) is 63.3 Å². The van der Waals surface area contributed by atoms with Gasteiger partial charge in [0.2, 0.25) is 0 Å². The number of hydrogen-bond donors (Lipinski definition) is 2. The first-order valence-corrected chi connectivity index (χ1v) is 8.31. The molecule has 0 aromatic heterocycles. The van der Waals surface area contributed by atoms with E-state index in [1.807, 2.05) is 0 Å². The predicted molar refractivity (Wildman–Crippen MR) is 85.0 cm³/mol. The molecule has 20 heavy (non-hydrogen) atoms. The summed E-state index contributed by atoms with van der Waals surface area (Å²) in [7, 11) is 0. The molecule has 1 aliphatic carbocycles. The fraction of sp³-hybridized carbons (Fsp3) is 0.667. The zero-order valence-corrected chi connectivity index (χ0v) is 12.6. The van der Waals surface area contributed by atoms with Crippen LogP contribution in [0.4, 0.5) is 0 Å². The Morgan fingerprint density at radius 1 is 0.950 bits per heavy atom. The van der Waals surface area contributed by atoms with Gasteiger partial charge in [0.15, 0.2) is 0 Å². The number of benzene rings is 1. The van der Waals surface area contributed by atoms with Crippen molar-refractivity contribution >= 4 is 0 Å². The average Bonchev–Trinajstić information content (AvgIpc) is 2.52. The number of nitrogens with one attached hydrogen (secondary N) is 1. The van der Waals surface area contributed by atoms with Crippen LogP contribution in [-0.2, 0) is 0 Å². The zero-order chi connectivity index (χ0) is 14.0. The molecular formula is C18H29NO. The molecule has 2 heteroatoms. The largest absolute Gasteiger partial charge is 0.396 e. The third kappa shape index (κ3) is 4.92. The summed E-state index contributed by atoms with van der Waals surface area (Å²) in [5.74, 6) is 0.697. The predicted octanol–water partition coefficient (Wildman–Crippen LogP) is 3.86. The first kappa shape index (κ1) is 15.5. The van der Waals surface area contributed by atoms with E-state index in [1.54, 1.807) is 0 Å². The van der Waals surface area contributed by atoms with E-state index in [0.29, 0.717) is 18.6 Å². The second-order valence-electron chi connectivity index (χ2n) is 6.00. The van der Waals surface area contributed by atoms with Crippen molar-refractivity contribution in [2.75, 3.05) is 13.2 Å². The number of hydrogen-bond acceptors (Lipinski definition) is 2. The third-order valence-corrected chi connectivity index (χ3v) is 4.49. The van der Waals surface area contributed by atoms with Gasteiger partial charge in [-0.2, -0.15) is 0 Å². The van der Waals surface area contributed by atoms with Gasteiger partial charge in [0.1, 0.15) is 0 Å². The Balaban J connectivity index is 1.76. The second-order valence-corrected chi connectivity index (χ2v) is 6.00. The van der Waals surface area contributed by atoms with Crippen LogP contribution in [0.15, 0.2) is 30.3 Å². The van der Waals surface area contributed by atoms with Crippen LogP contribution in [0.5, 0.6) is 0 Å². The highest BCUT2D eigenvalue weighted by Crippen LogP contribution is 2.32. The van der Waals surface area contributed by atoms with Gasteiger partial charge in [-0.05, 0) is 43.7 Å². The summed E-state index contributed by atoms with van der Waals surface area (Å²) < 4.78 is 0. The molecule has 2 N–H and O–H groups in total. The number of aliphatic hydroxyl groups excluding tert-OH is 1. The Hall–Kier alpha value is -0.860. The van der Waals surface area contributed by atoms with Crippen molar-refractivity contribution in [1.82, 2.24) is 5.32 Å². The van der Waals surface area contributed by atoms with Gasteiger partial charge in [-0.3, -0.25) is 0 Å². The van der Waals surface area contributed by atoms with Crippen molar-refractivity contribution in [3.8, 4) is 0 Å². The van der Waals surface area contributed by atoms with Gasteiger partial charge >= 0.3 is 0 Å². The third-order valence-electron chi connectivity index (χ3n) is 4.49. The number of rotatable bonds is 8. The van der Waals surface area contributed by atoms with Crippen LogP contribution in [-0.4, -0.2) is 24.3 Å². The summed E-state index contributed by atoms with van der Waals surface area (Å²) in [5, 5.41) is 12.6. The molecule has 2 unspecified atom stereocenters. The summed E-state index contributed by atoms with van der Waals surface area (Å²) in [6, 6.07) is 11.7. The molecule has 2 nitrogen and oxygen atoms in total. The molecule has 0 aliphatic heterocycles. The van der Waals surface area contributed by atoms with Crippen LogP contribution in [0.3, 0.4) is 0 Å². The summed E-state index contributed by atoms with van der Waals surface area (Å²) >= 11 is 0. The fourth-order valence-corrected chi connectivity index (χ4v) is 3.35. The smallest absolute Gasteiger partial charge is 0.0431 e. The van der Waals surface area contributed by atoms with E-state index in [0.717, 1.165) is 19.4 Å². The highest BCUT2D eigenvalue weighted by atomic mass is 16.2. The van der Waals surface area contributed by atoms with E-state index in [9.17, 15) is 0 Å². The molecule has 1 saturated carbocycles. The summed E-state index contributed by atoms with van der Waals surface area (Å²) in [6.45, 7) is 1.46. The van der Waals surface area contributed by atoms with E-state index in [2.05, 4.69) is 35.6 Å². The van der Waals surface area contributed by atoms with Crippen LogP contribution < -0.4 is 5.32 Å². The molecule has 0 radical (unpaired) electrons. The van der Waals surface area contributed by atoms with Gasteiger partial charge in [-0.25, -0.2) is 0 Å². The van der Waals surface area contributed by atoms with Gasteiger partial charge in [0, 0.05) is 12.6 Å². The SMILES string of the molecule is OCCCCCCNC1CCCCC1c1ccccc1. The van der Waals surface area contributed by atoms with Gasteiger partial charge < -0.3 is 10.4 Å². The van der Waals surface area contributed by atoms with Gasteiger partial charge in [-0.15, -0.1) is 0 Å². The molecule has 1 aromatic rings. The summed E-state index contributed by atoms with van der Waals surface area (Å²) in [6.07, 6.45) is 9.96. The first-order chi connectivity index (χ1) is 9.92. The lowest BCUT2D eigenvalue weighted by atomic mass is 9.80. The minimum atomic E-state index is 0.339. The highest BCUT2D eigenvalue weighted by molar-refractivity contribution is 5.21. The highest BCUT2D eigenvalue weighted by Gasteiger charge is 2.25. The maximum atomic E-state index is 8.77. The molecule has 0 spiro atoms. The molecule has 0 heterocycles. The van der Waals surface area contributed by atoms with Gasteiger partial charge in [0.05, 0.1) is 0 Å². The van der Waals surface area contributed by atoms with Crippen molar-refractivity contribution in [3.63, 3.8) is 0 Å². The minimum Gasteiger partial charge on any atom is -0.396 e.